The smallest absolute Gasteiger partial charge is 0.322 e. The molecule has 1 N–H and O–H groups in total. The first-order valence-corrected chi connectivity index (χ1v) is 7.87. The van der Waals surface area contributed by atoms with E-state index in [1.807, 2.05) is 18.4 Å². The Morgan fingerprint density at radius 3 is 2.64 bits per heavy atom. The zero-order valence-corrected chi connectivity index (χ0v) is 13.4. The summed E-state index contributed by atoms with van der Waals surface area (Å²) in [5.41, 5.74) is 0.521. The van der Waals surface area contributed by atoms with E-state index >= 15 is 0 Å². The van der Waals surface area contributed by atoms with Crippen molar-refractivity contribution in [2.45, 2.75) is 39.3 Å². The van der Waals surface area contributed by atoms with E-state index in [1.54, 1.807) is 17.9 Å². The maximum atomic E-state index is 12.6. The van der Waals surface area contributed by atoms with E-state index in [-0.39, 0.29) is 17.3 Å². The van der Waals surface area contributed by atoms with Gasteiger partial charge in [-0.25, -0.2) is 9.78 Å². The second kappa shape index (κ2) is 5.72. The molecule has 0 spiro atoms. The SMILES string of the molecule is CC(C)Cn1c(=O)n(C)c(=O)c2c1ncn2C1CCNCC1. The van der Waals surface area contributed by atoms with Crippen molar-refractivity contribution in [2.24, 2.45) is 13.0 Å². The van der Waals surface area contributed by atoms with E-state index in [0.29, 0.717) is 23.6 Å². The van der Waals surface area contributed by atoms with Crippen molar-refractivity contribution in [3.05, 3.63) is 27.2 Å². The average Bonchev–Trinajstić information content (AvgIpc) is 2.95. The molecule has 0 radical (unpaired) electrons. The van der Waals surface area contributed by atoms with Crippen molar-refractivity contribution < 1.29 is 0 Å². The van der Waals surface area contributed by atoms with Crippen molar-refractivity contribution >= 4 is 11.2 Å². The number of nitrogens with one attached hydrogen (secondary N) is 1. The largest absolute Gasteiger partial charge is 0.332 e. The summed E-state index contributed by atoms with van der Waals surface area (Å²) in [7, 11) is 1.54. The van der Waals surface area contributed by atoms with Gasteiger partial charge in [0.25, 0.3) is 5.56 Å². The minimum atomic E-state index is -0.290. The molecule has 3 rings (SSSR count). The van der Waals surface area contributed by atoms with Gasteiger partial charge in [-0.15, -0.1) is 0 Å². The Hall–Kier alpha value is -1.89. The first-order valence-electron chi connectivity index (χ1n) is 7.87. The normalized spacial score (nSPS) is 16.7. The zero-order chi connectivity index (χ0) is 15.9. The zero-order valence-electron chi connectivity index (χ0n) is 13.4. The molecule has 0 unspecified atom stereocenters. The van der Waals surface area contributed by atoms with E-state index in [0.717, 1.165) is 25.9 Å². The van der Waals surface area contributed by atoms with Crippen molar-refractivity contribution in [3.63, 3.8) is 0 Å². The molecule has 120 valence electrons. The Kier molecular flexibility index (Phi) is 3.90. The standard InChI is InChI=1S/C15H23N5O2/c1-10(2)8-19-13-12(14(21)18(3)15(19)22)20(9-17-13)11-4-6-16-7-5-11/h9-11,16H,4-8H2,1-3H3. The second-order valence-electron chi connectivity index (χ2n) is 6.46. The minimum absolute atomic E-state index is 0.254. The van der Waals surface area contributed by atoms with Gasteiger partial charge in [0.05, 0.1) is 6.33 Å². The first kappa shape index (κ1) is 15.0. The van der Waals surface area contributed by atoms with Crippen LogP contribution in [0.5, 0.6) is 0 Å². The highest BCUT2D eigenvalue weighted by Gasteiger charge is 2.22. The van der Waals surface area contributed by atoms with Gasteiger partial charge in [-0.1, -0.05) is 13.8 Å². The van der Waals surface area contributed by atoms with E-state index in [2.05, 4.69) is 10.3 Å². The van der Waals surface area contributed by atoms with Gasteiger partial charge >= 0.3 is 5.69 Å². The van der Waals surface area contributed by atoms with Crippen LogP contribution < -0.4 is 16.6 Å². The Bertz CT molecular complexity index is 793. The molecule has 2 aromatic heterocycles. The topological polar surface area (TPSA) is 73.8 Å². The predicted molar refractivity (Wildman–Crippen MR) is 85.2 cm³/mol. The predicted octanol–water partition coefficient (Wildman–Crippen LogP) is 0.477. The summed E-state index contributed by atoms with van der Waals surface area (Å²) in [5.74, 6) is 0.308. The molecule has 0 bridgehead atoms. The van der Waals surface area contributed by atoms with E-state index < -0.39 is 0 Å². The molecule has 1 saturated heterocycles. The molecule has 0 saturated carbocycles. The molecular weight excluding hydrogens is 282 g/mol. The molecule has 7 nitrogen and oxygen atoms in total. The average molecular weight is 305 g/mol. The van der Waals surface area contributed by atoms with Gasteiger partial charge in [0.1, 0.15) is 0 Å². The Morgan fingerprint density at radius 2 is 2.00 bits per heavy atom. The van der Waals surface area contributed by atoms with Crippen LogP contribution in [0, 0.1) is 5.92 Å². The number of nitrogens with zero attached hydrogens (tertiary/aromatic N) is 4. The molecule has 22 heavy (non-hydrogen) atoms. The van der Waals surface area contributed by atoms with Gasteiger partial charge < -0.3 is 9.88 Å². The highest BCUT2D eigenvalue weighted by Crippen LogP contribution is 2.22. The van der Waals surface area contributed by atoms with Gasteiger partial charge in [0.2, 0.25) is 0 Å². The van der Waals surface area contributed by atoms with E-state index in [1.165, 1.54) is 4.57 Å². The third kappa shape index (κ3) is 2.39. The third-order valence-corrected chi connectivity index (χ3v) is 4.30. The molecule has 0 aliphatic carbocycles. The second-order valence-corrected chi connectivity index (χ2v) is 6.46. The third-order valence-electron chi connectivity index (χ3n) is 4.30. The van der Waals surface area contributed by atoms with E-state index in [4.69, 9.17) is 0 Å². The van der Waals surface area contributed by atoms with Gasteiger partial charge in [0, 0.05) is 19.6 Å². The highest BCUT2D eigenvalue weighted by atomic mass is 16.2. The molecular formula is C15H23N5O2. The monoisotopic (exact) mass is 305 g/mol. The first-order chi connectivity index (χ1) is 10.5. The quantitative estimate of drug-likeness (QED) is 0.895. The summed E-state index contributed by atoms with van der Waals surface area (Å²) < 4.78 is 4.79. The van der Waals surface area contributed by atoms with Crippen LogP contribution >= 0.6 is 0 Å². The lowest BCUT2D eigenvalue weighted by Crippen LogP contribution is -2.40. The molecule has 1 aliphatic rings. The van der Waals surface area contributed by atoms with Crippen LogP contribution in [0.15, 0.2) is 15.9 Å². The number of hydrogen-bond donors (Lipinski definition) is 1. The number of fused-ring (bicyclic) bond motifs is 1. The van der Waals surface area contributed by atoms with Crippen molar-refractivity contribution in [1.29, 1.82) is 0 Å². The maximum absolute atomic E-state index is 12.6. The van der Waals surface area contributed by atoms with Crippen molar-refractivity contribution in [2.75, 3.05) is 13.1 Å². The van der Waals surface area contributed by atoms with Crippen molar-refractivity contribution in [3.8, 4) is 0 Å². The fourth-order valence-electron chi connectivity index (χ4n) is 3.16. The summed E-state index contributed by atoms with van der Waals surface area (Å²) in [6.07, 6.45) is 3.66. The summed E-state index contributed by atoms with van der Waals surface area (Å²) in [4.78, 5) is 29.4. The molecule has 0 atom stereocenters. The number of imidazole rings is 1. The van der Waals surface area contributed by atoms with Crippen LogP contribution in [0.3, 0.4) is 0 Å². The molecule has 0 amide bonds. The number of hydrogen-bond acceptors (Lipinski definition) is 4. The van der Waals surface area contributed by atoms with Gasteiger partial charge in [-0.05, 0) is 31.8 Å². The molecule has 1 fully saturated rings. The lowest BCUT2D eigenvalue weighted by molar-refractivity contribution is 0.373. The summed E-state index contributed by atoms with van der Waals surface area (Å²) in [6, 6.07) is 0.268. The number of piperidine rings is 1. The Morgan fingerprint density at radius 1 is 1.32 bits per heavy atom. The van der Waals surface area contributed by atoms with Gasteiger partial charge in [-0.2, -0.15) is 0 Å². The fourth-order valence-corrected chi connectivity index (χ4v) is 3.16. The van der Waals surface area contributed by atoms with Crippen LogP contribution in [0.2, 0.25) is 0 Å². The molecule has 1 aliphatic heterocycles. The lowest BCUT2D eigenvalue weighted by Gasteiger charge is -2.24. The van der Waals surface area contributed by atoms with Crippen LogP contribution in [-0.2, 0) is 13.6 Å². The Labute approximate surface area is 128 Å². The van der Waals surface area contributed by atoms with Gasteiger partial charge in [0.15, 0.2) is 11.2 Å². The minimum Gasteiger partial charge on any atom is -0.322 e. The van der Waals surface area contributed by atoms with Gasteiger partial charge in [-0.3, -0.25) is 13.9 Å². The summed E-state index contributed by atoms with van der Waals surface area (Å²) in [6.45, 7) is 6.54. The van der Waals surface area contributed by atoms with Crippen LogP contribution in [0.25, 0.3) is 11.2 Å². The van der Waals surface area contributed by atoms with Crippen LogP contribution in [0.1, 0.15) is 32.7 Å². The number of aromatic nitrogens is 4. The molecule has 7 heteroatoms. The summed E-state index contributed by atoms with van der Waals surface area (Å²) >= 11 is 0. The maximum Gasteiger partial charge on any atom is 0.332 e. The van der Waals surface area contributed by atoms with Crippen LogP contribution in [0.4, 0.5) is 0 Å². The van der Waals surface area contributed by atoms with Crippen LogP contribution in [-0.4, -0.2) is 31.8 Å². The fraction of sp³-hybridized carbons (Fsp3) is 0.667. The molecule has 0 aromatic carbocycles. The summed E-state index contributed by atoms with van der Waals surface area (Å²) in [5, 5.41) is 3.33. The van der Waals surface area contributed by atoms with Crippen molar-refractivity contribution in [1.82, 2.24) is 24.0 Å². The Balaban J connectivity index is 2.23. The molecule has 2 aromatic rings. The lowest BCUT2D eigenvalue weighted by atomic mass is 10.1. The highest BCUT2D eigenvalue weighted by molar-refractivity contribution is 5.70. The number of rotatable bonds is 3. The van der Waals surface area contributed by atoms with E-state index in [9.17, 15) is 9.59 Å². The molecule has 3 heterocycles.